The Morgan fingerprint density at radius 2 is 2.09 bits per heavy atom. The molecule has 3 atom stereocenters. The van der Waals surface area contributed by atoms with Gasteiger partial charge in [0.05, 0.1) is 6.04 Å². The first-order valence-electron chi connectivity index (χ1n) is 8.67. The molecule has 4 rings (SSSR count). The van der Waals surface area contributed by atoms with Gasteiger partial charge in [0.2, 0.25) is 0 Å². The second-order valence-corrected chi connectivity index (χ2v) is 7.79. The molecule has 4 nitrogen and oxygen atoms in total. The van der Waals surface area contributed by atoms with Crippen LogP contribution in [-0.4, -0.2) is 47.5 Å². The van der Waals surface area contributed by atoms with Crippen LogP contribution in [0.3, 0.4) is 0 Å². The van der Waals surface area contributed by atoms with Crippen LogP contribution >= 0.6 is 11.3 Å². The second-order valence-electron chi connectivity index (χ2n) is 6.81. The van der Waals surface area contributed by atoms with E-state index >= 15 is 0 Å². The number of rotatable bonds is 2. The van der Waals surface area contributed by atoms with E-state index in [9.17, 15) is 4.79 Å². The maximum absolute atomic E-state index is 12.8. The van der Waals surface area contributed by atoms with E-state index in [0.29, 0.717) is 18.1 Å². The largest absolute Gasteiger partial charge is 0.334 e. The van der Waals surface area contributed by atoms with E-state index < -0.39 is 0 Å². The zero-order valence-electron chi connectivity index (χ0n) is 13.0. The summed E-state index contributed by atoms with van der Waals surface area (Å²) in [7, 11) is 0. The molecule has 0 spiro atoms. The Morgan fingerprint density at radius 1 is 1.14 bits per heavy atom. The molecule has 4 heterocycles. The minimum Gasteiger partial charge on any atom is -0.334 e. The molecule has 1 aromatic rings. The van der Waals surface area contributed by atoms with Gasteiger partial charge in [0.1, 0.15) is 0 Å². The highest BCUT2D eigenvalue weighted by Gasteiger charge is 2.38. The maximum Gasteiger partial charge on any atom is 0.318 e. The zero-order chi connectivity index (χ0) is 14.9. The molecule has 0 saturated carbocycles. The lowest BCUT2D eigenvalue weighted by Gasteiger charge is -2.34. The third kappa shape index (κ3) is 2.65. The van der Waals surface area contributed by atoms with Gasteiger partial charge in [-0.1, -0.05) is 12.5 Å². The molecule has 3 aliphatic rings. The Labute approximate surface area is 136 Å². The normalized spacial score (nSPS) is 32.2. The molecule has 2 amide bonds. The van der Waals surface area contributed by atoms with Crippen molar-refractivity contribution < 1.29 is 4.79 Å². The molecule has 5 heteroatoms. The molecule has 0 radical (unpaired) electrons. The number of amides is 2. The lowest BCUT2D eigenvalue weighted by atomic mass is 9.99. The summed E-state index contributed by atoms with van der Waals surface area (Å²) in [6.07, 6.45) is 7.23. The maximum atomic E-state index is 12.8. The zero-order valence-corrected chi connectivity index (χ0v) is 13.9. The number of thiophene rings is 1. The molecular formula is C17H25N3OS. The fourth-order valence-electron chi connectivity index (χ4n) is 4.44. The Bertz CT molecular complexity index is 518. The van der Waals surface area contributed by atoms with Gasteiger partial charge in [0.25, 0.3) is 0 Å². The quantitative estimate of drug-likeness (QED) is 0.908. The van der Waals surface area contributed by atoms with Crippen molar-refractivity contribution in [1.82, 2.24) is 15.1 Å². The first-order chi connectivity index (χ1) is 10.8. The van der Waals surface area contributed by atoms with E-state index in [1.54, 1.807) is 11.3 Å². The fraction of sp³-hybridized carbons (Fsp3) is 0.706. The Balaban J connectivity index is 1.41. The van der Waals surface area contributed by atoms with Crippen LogP contribution in [0.2, 0.25) is 0 Å². The van der Waals surface area contributed by atoms with Gasteiger partial charge < -0.3 is 10.2 Å². The number of urea groups is 1. The van der Waals surface area contributed by atoms with Gasteiger partial charge in [-0.3, -0.25) is 4.90 Å². The van der Waals surface area contributed by atoms with Gasteiger partial charge in [-0.15, -0.1) is 11.3 Å². The summed E-state index contributed by atoms with van der Waals surface area (Å²) < 4.78 is 0. The Kier molecular flexibility index (Phi) is 4.09. The molecule has 22 heavy (non-hydrogen) atoms. The summed E-state index contributed by atoms with van der Waals surface area (Å²) in [5.41, 5.74) is 0. The lowest BCUT2D eigenvalue weighted by molar-refractivity contribution is 0.165. The molecule has 0 aliphatic carbocycles. The molecule has 0 aromatic carbocycles. The number of hydrogen-bond acceptors (Lipinski definition) is 3. The van der Waals surface area contributed by atoms with Gasteiger partial charge in [-0.2, -0.15) is 0 Å². The molecular weight excluding hydrogens is 294 g/mol. The first-order valence-corrected chi connectivity index (χ1v) is 9.55. The van der Waals surface area contributed by atoms with Gasteiger partial charge >= 0.3 is 6.03 Å². The van der Waals surface area contributed by atoms with E-state index in [4.69, 9.17) is 0 Å². The van der Waals surface area contributed by atoms with Crippen LogP contribution in [0.1, 0.15) is 49.4 Å². The van der Waals surface area contributed by atoms with Crippen LogP contribution in [0, 0.1) is 0 Å². The average Bonchev–Trinajstić information content (AvgIpc) is 3.27. The van der Waals surface area contributed by atoms with Crippen molar-refractivity contribution in [2.24, 2.45) is 0 Å². The van der Waals surface area contributed by atoms with Crippen LogP contribution < -0.4 is 5.32 Å². The van der Waals surface area contributed by atoms with Gasteiger partial charge in [0, 0.05) is 30.1 Å². The third-order valence-corrected chi connectivity index (χ3v) is 6.52. The van der Waals surface area contributed by atoms with Gasteiger partial charge in [0.15, 0.2) is 0 Å². The SMILES string of the molecule is O=C(NC1CCN2CCCCC12)N1CCCC1c1cccs1. The third-order valence-electron chi connectivity index (χ3n) is 5.55. The van der Waals surface area contributed by atoms with Crippen molar-refractivity contribution in [1.29, 1.82) is 0 Å². The topological polar surface area (TPSA) is 35.6 Å². The van der Waals surface area contributed by atoms with Crippen LogP contribution in [-0.2, 0) is 0 Å². The second kappa shape index (κ2) is 6.20. The summed E-state index contributed by atoms with van der Waals surface area (Å²) in [6.45, 7) is 3.28. The predicted molar refractivity (Wildman–Crippen MR) is 89.1 cm³/mol. The minimum atomic E-state index is 0.160. The van der Waals surface area contributed by atoms with Gasteiger partial charge in [-0.25, -0.2) is 4.79 Å². The summed E-state index contributed by atoms with van der Waals surface area (Å²) in [6, 6.07) is 5.65. The van der Waals surface area contributed by atoms with Crippen LogP contribution in [0.15, 0.2) is 17.5 Å². The van der Waals surface area contributed by atoms with E-state index in [0.717, 1.165) is 32.4 Å². The van der Waals surface area contributed by atoms with E-state index in [1.165, 1.54) is 30.7 Å². The monoisotopic (exact) mass is 319 g/mol. The van der Waals surface area contributed by atoms with Crippen molar-refractivity contribution in [2.75, 3.05) is 19.6 Å². The number of likely N-dealkylation sites (tertiary alicyclic amines) is 1. The summed E-state index contributed by atoms with van der Waals surface area (Å²) in [4.78, 5) is 18.8. The summed E-state index contributed by atoms with van der Waals surface area (Å²) in [5.74, 6) is 0. The highest BCUT2D eigenvalue weighted by Crippen LogP contribution is 2.35. The standard InChI is InChI=1S/C17H25N3OS/c21-17(18-13-8-11-19-9-2-1-5-14(13)19)20-10-3-6-15(20)16-7-4-12-22-16/h4,7,12-15H,1-3,5-6,8-11H2,(H,18,21). The number of nitrogens with one attached hydrogen (secondary N) is 1. The number of carbonyl (C=O) groups excluding carboxylic acids is 1. The molecule has 0 bridgehead atoms. The number of carbonyl (C=O) groups is 1. The minimum absolute atomic E-state index is 0.160. The van der Waals surface area contributed by atoms with E-state index in [-0.39, 0.29) is 6.03 Å². The molecule has 3 aliphatic heterocycles. The van der Waals surface area contributed by atoms with Crippen molar-refractivity contribution >= 4 is 17.4 Å². The first kappa shape index (κ1) is 14.5. The smallest absolute Gasteiger partial charge is 0.318 e. The fourth-order valence-corrected chi connectivity index (χ4v) is 5.32. The van der Waals surface area contributed by atoms with Crippen LogP contribution in [0.5, 0.6) is 0 Å². The summed E-state index contributed by atoms with van der Waals surface area (Å²) in [5, 5.41) is 5.47. The van der Waals surface area contributed by atoms with Crippen molar-refractivity contribution in [3.8, 4) is 0 Å². The van der Waals surface area contributed by atoms with E-state index in [2.05, 4.69) is 32.6 Å². The predicted octanol–water partition coefficient (Wildman–Crippen LogP) is 3.22. The van der Waals surface area contributed by atoms with Crippen LogP contribution in [0.4, 0.5) is 4.79 Å². The van der Waals surface area contributed by atoms with Crippen molar-refractivity contribution in [3.63, 3.8) is 0 Å². The number of fused-ring (bicyclic) bond motifs is 1. The van der Waals surface area contributed by atoms with Gasteiger partial charge in [-0.05, 0) is 50.1 Å². The highest BCUT2D eigenvalue weighted by atomic mass is 32.1. The Morgan fingerprint density at radius 3 is 2.95 bits per heavy atom. The van der Waals surface area contributed by atoms with Crippen molar-refractivity contribution in [2.45, 2.75) is 56.7 Å². The molecule has 1 N–H and O–H groups in total. The summed E-state index contributed by atoms with van der Waals surface area (Å²) >= 11 is 1.77. The molecule has 3 fully saturated rings. The van der Waals surface area contributed by atoms with Crippen LogP contribution in [0.25, 0.3) is 0 Å². The number of piperidine rings is 1. The Hall–Kier alpha value is -1.07. The molecule has 1 aromatic heterocycles. The lowest BCUT2D eigenvalue weighted by Crippen LogP contribution is -2.50. The molecule has 3 unspecified atom stereocenters. The highest BCUT2D eigenvalue weighted by molar-refractivity contribution is 7.10. The molecule has 3 saturated heterocycles. The van der Waals surface area contributed by atoms with E-state index in [1.807, 2.05) is 0 Å². The number of hydrogen-bond donors (Lipinski definition) is 1. The number of nitrogens with zero attached hydrogens (tertiary/aromatic N) is 2. The van der Waals surface area contributed by atoms with Crippen molar-refractivity contribution in [3.05, 3.63) is 22.4 Å². The molecule has 120 valence electrons. The average molecular weight is 319 g/mol.